The van der Waals surface area contributed by atoms with Gasteiger partial charge in [-0.2, -0.15) is 0 Å². The molecular formula is C28H39N3O2. The lowest BCUT2D eigenvalue weighted by molar-refractivity contribution is 0.0306. The van der Waals surface area contributed by atoms with Crippen molar-refractivity contribution < 1.29 is 9.90 Å². The minimum atomic E-state index is 0.0247. The van der Waals surface area contributed by atoms with Gasteiger partial charge in [0.2, 0.25) is 0 Å². The maximum atomic E-state index is 12.8. The van der Waals surface area contributed by atoms with E-state index >= 15 is 0 Å². The lowest BCUT2D eigenvalue weighted by atomic mass is 9.92. The van der Waals surface area contributed by atoms with Crippen molar-refractivity contribution in [1.82, 2.24) is 14.7 Å². The summed E-state index contributed by atoms with van der Waals surface area (Å²) in [4.78, 5) is 19.7. The zero-order valence-electron chi connectivity index (χ0n) is 20.6. The van der Waals surface area contributed by atoms with Crippen molar-refractivity contribution in [2.24, 2.45) is 0 Å². The Bertz CT molecular complexity index is 923. The molecule has 1 aliphatic rings. The van der Waals surface area contributed by atoms with Gasteiger partial charge in [-0.25, -0.2) is 0 Å². The number of aliphatic hydroxyl groups excluding tert-OH is 1. The first kappa shape index (κ1) is 25.2. The van der Waals surface area contributed by atoms with Crippen LogP contribution in [0.5, 0.6) is 0 Å². The topological polar surface area (TPSA) is 47.0 Å². The molecule has 3 rings (SSSR count). The number of benzene rings is 2. The minimum absolute atomic E-state index is 0.0247. The van der Waals surface area contributed by atoms with Crippen LogP contribution >= 0.6 is 0 Å². The Balaban J connectivity index is 1.98. The van der Waals surface area contributed by atoms with E-state index in [1.54, 1.807) is 0 Å². The molecule has 3 unspecified atom stereocenters. The number of amides is 1. The van der Waals surface area contributed by atoms with Crippen molar-refractivity contribution in [3.63, 3.8) is 0 Å². The van der Waals surface area contributed by atoms with E-state index in [0.717, 1.165) is 36.3 Å². The molecule has 1 saturated heterocycles. The van der Waals surface area contributed by atoms with Gasteiger partial charge in [0.1, 0.15) is 0 Å². The van der Waals surface area contributed by atoms with Crippen molar-refractivity contribution in [2.45, 2.75) is 52.4 Å². The molecule has 1 aliphatic heterocycles. The molecule has 2 aromatic carbocycles. The van der Waals surface area contributed by atoms with Crippen LogP contribution in [0, 0.1) is 0 Å². The Morgan fingerprint density at radius 2 is 1.79 bits per heavy atom. The highest BCUT2D eigenvalue weighted by atomic mass is 16.3. The Hall–Kier alpha value is -2.47. The summed E-state index contributed by atoms with van der Waals surface area (Å²) in [6, 6.07) is 17.2. The molecule has 0 radical (unpaired) electrons. The fourth-order valence-corrected chi connectivity index (χ4v) is 4.94. The second-order valence-electron chi connectivity index (χ2n) is 9.04. The van der Waals surface area contributed by atoms with E-state index in [4.69, 9.17) is 0 Å². The van der Waals surface area contributed by atoms with Crippen LogP contribution in [-0.4, -0.2) is 70.5 Å². The first-order valence-electron chi connectivity index (χ1n) is 12.1. The Kier molecular flexibility index (Phi) is 8.84. The van der Waals surface area contributed by atoms with Gasteiger partial charge >= 0.3 is 0 Å². The predicted molar refractivity (Wildman–Crippen MR) is 135 cm³/mol. The van der Waals surface area contributed by atoms with Crippen LogP contribution in [0.3, 0.4) is 0 Å². The van der Waals surface area contributed by atoms with Crippen LogP contribution in [0.15, 0.2) is 61.2 Å². The van der Waals surface area contributed by atoms with Gasteiger partial charge in [-0.15, -0.1) is 6.58 Å². The number of carbonyl (C=O) groups excluding carboxylic acids is 1. The highest BCUT2D eigenvalue weighted by molar-refractivity contribution is 5.94. The number of rotatable bonds is 9. The van der Waals surface area contributed by atoms with Gasteiger partial charge in [0.05, 0.1) is 12.6 Å². The van der Waals surface area contributed by atoms with Crippen molar-refractivity contribution in [3.8, 4) is 0 Å². The SMILES string of the molecule is C=CCN1CC(C)N(C(c2ccc(C(=O)N(CC)CC)cc2)c2cccc(CO)c2)CC1C. The summed E-state index contributed by atoms with van der Waals surface area (Å²) < 4.78 is 0. The molecular weight excluding hydrogens is 410 g/mol. The highest BCUT2D eigenvalue weighted by Crippen LogP contribution is 2.34. The highest BCUT2D eigenvalue weighted by Gasteiger charge is 2.34. The van der Waals surface area contributed by atoms with Gasteiger partial charge < -0.3 is 10.0 Å². The molecule has 3 atom stereocenters. The van der Waals surface area contributed by atoms with Gasteiger partial charge in [-0.3, -0.25) is 14.6 Å². The number of piperazine rings is 1. The maximum absolute atomic E-state index is 12.8. The summed E-state index contributed by atoms with van der Waals surface area (Å²) >= 11 is 0. The smallest absolute Gasteiger partial charge is 0.253 e. The monoisotopic (exact) mass is 449 g/mol. The normalized spacial score (nSPS) is 20.4. The van der Waals surface area contributed by atoms with E-state index in [0.29, 0.717) is 25.2 Å². The van der Waals surface area contributed by atoms with E-state index in [2.05, 4.69) is 54.5 Å². The van der Waals surface area contributed by atoms with Crippen LogP contribution in [-0.2, 0) is 6.61 Å². The van der Waals surface area contributed by atoms with E-state index in [1.807, 2.05) is 49.1 Å². The van der Waals surface area contributed by atoms with Crippen molar-refractivity contribution in [1.29, 1.82) is 0 Å². The quantitative estimate of drug-likeness (QED) is 0.579. The predicted octanol–water partition coefficient (Wildman–Crippen LogP) is 4.33. The first-order valence-corrected chi connectivity index (χ1v) is 12.1. The van der Waals surface area contributed by atoms with Crippen molar-refractivity contribution in [3.05, 3.63) is 83.4 Å². The van der Waals surface area contributed by atoms with Crippen LogP contribution < -0.4 is 0 Å². The fraction of sp³-hybridized carbons (Fsp3) is 0.464. The molecule has 1 N–H and O–H groups in total. The third-order valence-electron chi connectivity index (χ3n) is 6.83. The number of hydrogen-bond donors (Lipinski definition) is 1. The maximum Gasteiger partial charge on any atom is 0.253 e. The largest absolute Gasteiger partial charge is 0.392 e. The van der Waals surface area contributed by atoms with E-state index in [1.165, 1.54) is 5.56 Å². The molecule has 33 heavy (non-hydrogen) atoms. The van der Waals surface area contributed by atoms with Crippen LogP contribution in [0.2, 0.25) is 0 Å². The van der Waals surface area contributed by atoms with Gasteiger partial charge in [0.25, 0.3) is 5.91 Å². The number of carbonyl (C=O) groups is 1. The van der Waals surface area contributed by atoms with Crippen LogP contribution in [0.25, 0.3) is 0 Å². The molecule has 1 fully saturated rings. The molecule has 0 bridgehead atoms. The summed E-state index contributed by atoms with van der Waals surface area (Å²) in [5.74, 6) is 0.0745. The second-order valence-corrected chi connectivity index (χ2v) is 9.04. The summed E-state index contributed by atoms with van der Waals surface area (Å²) in [6.45, 7) is 16.7. The van der Waals surface area contributed by atoms with Gasteiger partial charge in [-0.05, 0) is 56.5 Å². The summed E-state index contributed by atoms with van der Waals surface area (Å²) in [6.07, 6.45) is 1.98. The number of hydrogen-bond acceptors (Lipinski definition) is 4. The number of aliphatic hydroxyl groups is 1. The van der Waals surface area contributed by atoms with Crippen molar-refractivity contribution in [2.75, 3.05) is 32.7 Å². The molecule has 5 heteroatoms. The minimum Gasteiger partial charge on any atom is -0.392 e. The summed E-state index contributed by atoms with van der Waals surface area (Å²) in [5, 5.41) is 9.74. The Labute approximate surface area is 199 Å². The average Bonchev–Trinajstić information content (AvgIpc) is 2.83. The molecule has 5 nitrogen and oxygen atoms in total. The van der Waals surface area contributed by atoms with Crippen LogP contribution in [0.4, 0.5) is 0 Å². The lowest BCUT2D eigenvalue weighted by Crippen LogP contribution is -2.57. The Morgan fingerprint density at radius 3 is 2.39 bits per heavy atom. The zero-order valence-corrected chi connectivity index (χ0v) is 20.6. The fourth-order valence-electron chi connectivity index (χ4n) is 4.94. The van der Waals surface area contributed by atoms with E-state index in [9.17, 15) is 9.90 Å². The molecule has 1 heterocycles. The van der Waals surface area contributed by atoms with Crippen LogP contribution in [0.1, 0.15) is 60.8 Å². The molecule has 0 aromatic heterocycles. The molecule has 0 saturated carbocycles. The molecule has 0 aliphatic carbocycles. The molecule has 2 aromatic rings. The summed E-state index contributed by atoms with van der Waals surface area (Å²) in [5.41, 5.74) is 3.97. The van der Waals surface area contributed by atoms with Gasteiger partial charge in [0.15, 0.2) is 0 Å². The van der Waals surface area contributed by atoms with E-state index in [-0.39, 0.29) is 18.6 Å². The van der Waals surface area contributed by atoms with Gasteiger partial charge in [-0.1, -0.05) is 42.5 Å². The number of nitrogens with zero attached hydrogens (tertiary/aromatic N) is 3. The first-order chi connectivity index (χ1) is 15.9. The van der Waals surface area contributed by atoms with Crippen molar-refractivity contribution >= 4 is 5.91 Å². The lowest BCUT2D eigenvalue weighted by Gasteiger charge is -2.47. The average molecular weight is 450 g/mol. The molecule has 1 amide bonds. The third-order valence-corrected chi connectivity index (χ3v) is 6.83. The molecule has 178 valence electrons. The Morgan fingerprint density at radius 1 is 1.09 bits per heavy atom. The third kappa shape index (κ3) is 5.72. The summed E-state index contributed by atoms with van der Waals surface area (Å²) in [7, 11) is 0. The zero-order chi connectivity index (χ0) is 24.0. The molecule has 0 spiro atoms. The standard InChI is InChI=1S/C28H39N3O2/c1-6-16-30-18-22(5)31(19-21(30)4)27(26-11-9-10-23(17-26)20-32)24-12-14-25(15-13-24)28(33)29(7-2)8-3/h6,9-15,17,21-22,27,32H,1,7-8,16,18-20H2,2-5H3. The van der Waals surface area contributed by atoms with E-state index < -0.39 is 0 Å². The van der Waals surface area contributed by atoms with Gasteiger partial charge in [0, 0.05) is 50.4 Å². The second kappa shape index (κ2) is 11.6.